The SMILES string of the molecule is CCNC(=O)CCCCCC[C@@H]1[C@@H](/C=C/[C@@H](O)CCc2ccccc2)[C@H](O)C[C@@H]1O. The molecule has 5 atom stereocenters. The zero-order valence-corrected chi connectivity index (χ0v) is 18.2. The van der Waals surface area contributed by atoms with E-state index in [-0.39, 0.29) is 17.7 Å². The predicted octanol–water partition coefficient (Wildman–Crippen LogP) is 3.37. The first-order valence-corrected chi connectivity index (χ1v) is 11.5. The fourth-order valence-corrected chi connectivity index (χ4v) is 4.39. The number of nitrogens with one attached hydrogen (secondary N) is 1. The molecule has 1 aromatic carbocycles. The summed E-state index contributed by atoms with van der Waals surface area (Å²) in [5.74, 6) is 0.0329. The van der Waals surface area contributed by atoms with Gasteiger partial charge in [0.2, 0.25) is 5.91 Å². The minimum atomic E-state index is -0.555. The Labute approximate surface area is 181 Å². The highest BCUT2D eigenvalue weighted by atomic mass is 16.3. The van der Waals surface area contributed by atoms with Crippen LogP contribution in [-0.4, -0.2) is 46.1 Å². The van der Waals surface area contributed by atoms with Gasteiger partial charge in [-0.15, -0.1) is 0 Å². The van der Waals surface area contributed by atoms with E-state index in [0.717, 1.165) is 38.5 Å². The van der Waals surface area contributed by atoms with E-state index >= 15 is 0 Å². The minimum absolute atomic E-state index is 0.0287. The summed E-state index contributed by atoms with van der Waals surface area (Å²) in [5.41, 5.74) is 1.20. The molecule has 1 aliphatic carbocycles. The number of benzene rings is 1. The normalized spacial score (nSPS) is 24.9. The summed E-state index contributed by atoms with van der Waals surface area (Å²) in [6.45, 7) is 2.60. The van der Waals surface area contributed by atoms with Crippen molar-refractivity contribution in [2.24, 2.45) is 11.8 Å². The van der Waals surface area contributed by atoms with Crippen LogP contribution in [0.25, 0.3) is 0 Å². The van der Waals surface area contributed by atoms with Gasteiger partial charge in [0, 0.05) is 25.3 Å². The molecule has 4 N–H and O–H groups in total. The van der Waals surface area contributed by atoms with E-state index in [1.807, 2.05) is 31.2 Å². The van der Waals surface area contributed by atoms with Crippen LogP contribution in [0.1, 0.15) is 63.9 Å². The van der Waals surface area contributed by atoms with Gasteiger partial charge < -0.3 is 20.6 Å². The van der Waals surface area contributed by atoms with Crippen LogP contribution in [0, 0.1) is 11.8 Å². The Morgan fingerprint density at radius 2 is 1.87 bits per heavy atom. The lowest BCUT2D eigenvalue weighted by Gasteiger charge is -2.21. The van der Waals surface area contributed by atoms with Crippen molar-refractivity contribution in [2.75, 3.05) is 6.54 Å². The Bertz CT molecular complexity index is 633. The fraction of sp³-hybridized carbons (Fsp3) is 0.640. The number of hydrogen-bond donors (Lipinski definition) is 4. The highest BCUT2D eigenvalue weighted by Crippen LogP contribution is 2.37. The van der Waals surface area contributed by atoms with E-state index in [1.54, 1.807) is 6.08 Å². The molecule has 1 amide bonds. The van der Waals surface area contributed by atoms with Gasteiger partial charge in [-0.2, -0.15) is 0 Å². The topological polar surface area (TPSA) is 89.8 Å². The zero-order valence-electron chi connectivity index (χ0n) is 18.2. The highest BCUT2D eigenvalue weighted by molar-refractivity contribution is 5.75. The smallest absolute Gasteiger partial charge is 0.219 e. The maximum Gasteiger partial charge on any atom is 0.219 e. The van der Waals surface area contributed by atoms with Crippen molar-refractivity contribution >= 4 is 5.91 Å². The van der Waals surface area contributed by atoms with E-state index < -0.39 is 18.3 Å². The Kier molecular flexibility index (Phi) is 11.1. The maximum absolute atomic E-state index is 11.5. The average Bonchev–Trinajstić information content (AvgIpc) is 3.00. The average molecular weight is 418 g/mol. The number of unbranched alkanes of at least 4 members (excludes halogenated alkanes) is 3. The minimum Gasteiger partial charge on any atom is -0.393 e. The summed E-state index contributed by atoms with van der Waals surface area (Å²) in [6, 6.07) is 10.1. The molecule has 0 aromatic heterocycles. The first kappa shape index (κ1) is 24.6. The zero-order chi connectivity index (χ0) is 21.8. The van der Waals surface area contributed by atoms with Crippen molar-refractivity contribution in [1.82, 2.24) is 5.32 Å². The van der Waals surface area contributed by atoms with Crippen molar-refractivity contribution in [2.45, 2.75) is 83.0 Å². The van der Waals surface area contributed by atoms with Gasteiger partial charge >= 0.3 is 0 Å². The quantitative estimate of drug-likeness (QED) is 0.293. The molecular formula is C25H39NO4. The molecule has 0 spiro atoms. The summed E-state index contributed by atoms with van der Waals surface area (Å²) < 4.78 is 0. The van der Waals surface area contributed by atoms with Crippen LogP contribution >= 0.6 is 0 Å². The summed E-state index contributed by atoms with van der Waals surface area (Å²) in [7, 11) is 0. The van der Waals surface area contributed by atoms with E-state index in [0.29, 0.717) is 25.8 Å². The molecule has 0 heterocycles. The third-order valence-corrected chi connectivity index (χ3v) is 6.11. The molecule has 1 aliphatic rings. The lowest BCUT2D eigenvalue weighted by atomic mass is 9.87. The summed E-state index contributed by atoms with van der Waals surface area (Å²) in [4.78, 5) is 11.5. The van der Waals surface area contributed by atoms with Gasteiger partial charge in [-0.25, -0.2) is 0 Å². The molecule has 1 fully saturated rings. The number of rotatable bonds is 13. The van der Waals surface area contributed by atoms with Crippen LogP contribution in [-0.2, 0) is 11.2 Å². The third-order valence-electron chi connectivity index (χ3n) is 6.11. The van der Waals surface area contributed by atoms with Crippen LogP contribution in [0.5, 0.6) is 0 Å². The molecular weight excluding hydrogens is 378 g/mol. The van der Waals surface area contributed by atoms with Gasteiger partial charge in [0.1, 0.15) is 0 Å². The second kappa shape index (κ2) is 13.6. The molecule has 0 radical (unpaired) electrons. The molecule has 5 nitrogen and oxygen atoms in total. The molecule has 0 saturated heterocycles. The standard InChI is InChI=1S/C25H39NO4/c1-2-26-25(30)13-9-4-3-8-12-21-22(24(29)18-23(21)28)17-16-20(27)15-14-19-10-6-5-7-11-19/h5-7,10-11,16-17,20-24,27-29H,2-4,8-9,12-15,18H2,1H3,(H,26,30)/b17-16+/t20-,21+,22+,23-,24+/m0/s1. The first-order valence-electron chi connectivity index (χ1n) is 11.5. The largest absolute Gasteiger partial charge is 0.393 e. The first-order chi connectivity index (χ1) is 14.5. The highest BCUT2D eigenvalue weighted by Gasteiger charge is 2.39. The van der Waals surface area contributed by atoms with Crippen molar-refractivity contribution in [3.63, 3.8) is 0 Å². The number of hydrogen-bond acceptors (Lipinski definition) is 4. The third kappa shape index (κ3) is 8.58. The number of carbonyl (C=O) groups is 1. The number of aliphatic hydroxyl groups is 3. The van der Waals surface area contributed by atoms with Crippen LogP contribution in [0.2, 0.25) is 0 Å². The van der Waals surface area contributed by atoms with Crippen LogP contribution in [0.4, 0.5) is 0 Å². The van der Waals surface area contributed by atoms with Gasteiger partial charge in [-0.3, -0.25) is 4.79 Å². The molecule has 0 unspecified atom stereocenters. The molecule has 5 heteroatoms. The van der Waals surface area contributed by atoms with E-state index in [2.05, 4.69) is 17.4 Å². The number of carbonyl (C=O) groups excluding carboxylic acids is 1. The monoisotopic (exact) mass is 417 g/mol. The number of amides is 1. The Morgan fingerprint density at radius 3 is 2.60 bits per heavy atom. The fourth-order valence-electron chi connectivity index (χ4n) is 4.39. The molecule has 0 bridgehead atoms. The van der Waals surface area contributed by atoms with Crippen molar-refractivity contribution in [3.8, 4) is 0 Å². The number of aryl methyl sites for hydroxylation is 1. The van der Waals surface area contributed by atoms with Crippen molar-refractivity contribution in [3.05, 3.63) is 48.0 Å². The summed E-state index contributed by atoms with van der Waals surface area (Å²) in [6.07, 6.45) is 9.27. The van der Waals surface area contributed by atoms with Crippen LogP contribution in [0.15, 0.2) is 42.5 Å². The maximum atomic E-state index is 11.5. The van der Waals surface area contributed by atoms with Gasteiger partial charge in [0.25, 0.3) is 0 Å². The van der Waals surface area contributed by atoms with Crippen LogP contribution < -0.4 is 5.32 Å². The van der Waals surface area contributed by atoms with E-state index in [9.17, 15) is 20.1 Å². The van der Waals surface area contributed by atoms with Crippen molar-refractivity contribution < 1.29 is 20.1 Å². The molecule has 2 rings (SSSR count). The molecule has 1 aromatic rings. The van der Waals surface area contributed by atoms with Gasteiger partial charge in [0.05, 0.1) is 18.3 Å². The Morgan fingerprint density at radius 1 is 1.13 bits per heavy atom. The van der Waals surface area contributed by atoms with E-state index in [4.69, 9.17) is 0 Å². The van der Waals surface area contributed by atoms with E-state index in [1.165, 1.54) is 5.56 Å². The lowest BCUT2D eigenvalue weighted by Crippen LogP contribution is -2.22. The Balaban J connectivity index is 1.72. The van der Waals surface area contributed by atoms with Crippen LogP contribution in [0.3, 0.4) is 0 Å². The molecule has 0 aliphatic heterocycles. The molecule has 168 valence electrons. The van der Waals surface area contributed by atoms with Gasteiger partial charge in [0.15, 0.2) is 0 Å². The summed E-state index contributed by atoms with van der Waals surface area (Å²) >= 11 is 0. The summed E-state index contributed by atoms with van der Waals surface area (Å²) in [5, 5.41) is 33.9. The van der Waals surface area contributed by atoms with Crippen molar-refractivity contribution in [1.29, 1.82) is 0 Å². The van der Waals surface area contributed by atoms with Gasteiger partial charge in [-0.1, -0.05) is 61.7 Å². The second-order valence-corrected chi connectivity index (χ2v) is 8.49. The molecule has 1 saturated carbocycles. The predicted molar refractivity (Wildman–Crippen MR) is 120 cm³/mol. The molecule has 30 heavy (non-hydrogen) atoms. The second-order valence-electron chi connectivity index (χ2n) is 8.49. The number of aliphatic hydroxyl groups excluding tert-OH is 3. The lowest BCUT2D eigenvalue weighted by molar-refractivity contribution is -0.121. The Hall–Kier alpha value is -1.69. The van der Waals surface area contributed by atoms with Gasteiger partial charge in [-0.05, 0) is 44.1 Å².